The number of hydrogen-bond donors (Lipinski definition) is 2. The van der Waals surface area contributed by atoms with Crippen molar-refractivity contribution in [3.05, 3.63) is 46.1 Å². The van der Waals surface area contributed by atoms with Crippen LogP contribution < -0.4 is 10.2 Å². The molecule has 0 aliphatic rings. The van der Waals surface area contributed by atoms with Gasteiger partial charge in [0.05, 0.1) is 21.4 Å². The fourth-order valence-corrected chi connectivity index (χ4v) is 2.08. The molecule has 0 saturated heterocycles. The van der Waals surface area contributed by atoms with Gasteiger partial charge in [0.2, 0.25) is 0 Å². The molecule has 9 heteroatoms. The maximum absolute atomic E-state index is 13.4. The lowest BCUT2D eigenvalue weighted by Crippen LogP contribution is -2.25. The predicted octanol–water partition coefficient (Wildman–Crippen LogP) is 4.52. The van der Waals surface area contributed by atoms with Gasteiger partial charge >= 0.3 is 6.09 Å². The van der Waals surface area contributed by atoms with Gasteiger partial charge in [-0.1, -0.05) is 23.2 Å². The number of nitrogens with one attached hydrogen (secondary N) is 1. The molecule has 2 rings (SSSR count). The highest BCUT2D eigenvalue weighted by molar-refractivity contribution is 6.36. The van der Waals surface area contributed by atoms with Gasteiger partial charge in [-0.3, -0.25) is 4.90 Å². The van der Waals surface area contributed by atoms with E-state index in [2.05, 4.69) is 10.3 Å². The van der Waals surface area contributed by atoms with E-state index in [0.29, 0.717) is 5.02 Å². The monoisotopic (exact) mass is 347 g/mol. The van der Waals surface area contributed by atoms with E-state index in [1.54, 1.807) is 0 Å². The number of carboxylic acid groups (broad SMARTS) is 1. The minimum absolute atomic E-state index is 0.0134. The van der Waals surface area contributed by atoms with Gasteiger partial charge in [0, 0.05) is 25.4 Å². The number of carbonyl (C=O) groups is 1. The summed E-state index contributed by atoms with van der Waals surface area (Å²) in [6, 6.07) is 2.98. The zero-order chi connectivity index (χ0) is 16.4. The number of nitrogens with zero attached hydrogens (tertiary/aromatic N) is 2. The van der Waals surface area contributed by atoms with Crippen molar-refractivity contribution in [2.45, 2.75) is 0 Å². The molecule has 2 aromatic rings. The molecular formula is C13H9Cl2F2N3O2. The Morgan fingerprint density at radius 1 is 1.27 bits per heavy atom. The van der Waals surface area contributed by atoms with Crippen molar-refractivity contribution in [3.8, 4) is 0 Å². The molecule has 0 spiro atoms. The minimum Gasteiger partial charge on any atom is -0.465 e. The lowest BCUT2D eigenvalue weighted by atomic mass is 10.2. The van der Waals surface area contributed by atoms with Crippen molar-refractivity contribution in [1.29, 1.82) is 0 Å². The smallest absolute Gasteiger partial charge is 0.411 e. The summed E-state index contributed by atoms with van der Waals surface area (Å²) >= 11 is 11.7. The van der Waals surface area contributed by atoms with E-state index < -0.39 is 17.7 Å². The van der Waals surface area contributed by atoms with Crippen LogP contribution in [0.25, 0.3) is 0 Å². The van der Waals surface area contributed by atoms with Gasteiger partial charge in [0.25, 0.3) is 0 Å². The molecule has 1 aromatic heterocycles. The molecule has 0 fully saturated rings. The molecule has 0 radical (unpaired) electrons. The van der Waals surface area contributed by atoms with Crippen LogP contribution in [0, 0.1) is 11.6 Å². The van der Waals surface area contributed by atoms with Crippen LogP contribution in [-0.2, 0) is 0 Å². The Morgan fingerprint density at radius 2 is 1.91 bits per heavy atom. The number of halogens is 4. The molecule has 0 bridgehead atoms. The predicted molar refractivity (Wildman–Crippen MR) is 80.3 cm³/mol. The number of anilines is 3. The SMILES string of the molecule is CN(C(=O)O)c1cc(F)c(F)cc1Nc1ncc(Cl)cc1Cl. The molecule has 1 heterocycles. The van der Waals surface area contributed by atoms with Crippen molar-refractivity contribution in [2.24, 2.45) is 0 Å². The first-order valence-corrected chi connectivity index (χ1v) is 6.59. The Bertz CT molecular complexity index is 743. The Balaban J connectivity index is 2.49. The van der Waals surface area contributed by atoms with E-state index >= 15 is 0 Å². The Morgan fingerprint density at radius 3 is 2.50 bits per heavy atom. The van der Waals surface area contributed by atoms with Gasteiger partial charge < -0.3 is 10.4 Å². The third kappa shape index (κ3) is 3.37. The van der Waals surface area contributed by atoms with Crippen LogP contribution in [0.5, 0.6) is 0 Å². The number of benzene rings is 1. The van der Waals surface area contributed by atoms with E-state index in [1.165, 1.54) is 19.3 Å². The van der Waals surface area contributed by atoms with Crippen molar-refractivity contribution in [2.75, 3.05) is 17.3 Å². The van der Waals surface area contributed by atoms with Crippen LogP contribution in [0.1, 0.15) is 0 Å². The average molecular weight is 348 g/mol. The molecule has 0 aliphatic carbocycles. The third-order valence-electron chi connectivity index (χ3n) is 2.75. The van der Waals surface area contributed by atoms with Gasteiger partial charge in [0.1, 0.15) is 5.82 Å². The second-order valence-electron chi connectivity index (χ2n) is 4.23. The molecule has 0 aliphatic heterocycles. The summed E-state index contributed by atoms with van der Waals surface area (Å²) in [6.07, 6.45) is -0.0415. The van der Waals surface area contributed by atoms with Gasteiger partial charge in [-0.15, -0.1) is 0 Å². The number of rotatable bonds is 3. The molecule has 2 N–H and O–H groups in total. The third-order valence-corrected chi connectivity index (χ3v) is 3.24. The fourth-order valence-electron chi connectivity index (χ4n) is 1.65. The molecule has 0 unspecified atom stereocenters. The molecule has 1 amide bonds. The summed E-state index contributed by atoms with van der Waals surface area (Å²) in [4.78, 5) is 15.7. The molecule has 22 heavy (non-hydrogen) atoms. The lowest BCUT2D eigenvalue weighted by Gasteiger charge is -2.19. The number of hydrogen-bond acceptors (Lipinski definition) is 3. The minimum atomic E-state index is -1.34. The van der Waals surface area contributed by atoms with Gasteiger partial charge in [-0.05, 0) is 6.07 Å². The first-order chi connectivity index (χ1) is 10.3. The van der Waals surface area contributed by atoms with Gasteiger partial charge in [0.15, 0.2) is 11.6 Å². The van der Waals surface area contributed by atoms with Crippen LogP contribution >= 0.6 is 23.2 Å². The lowest BCUT2D eigenvalue weighted by molar-refractivity contribution is 0.203. The van der Waals surface area contributed by atoms with Crippen molar-refractivity contribution in [3.63, 3.8) is 0 Å². The van der Waals surface area contributed by atoms with Gasteiger partial charge in [-0.25, -0.2) is 18.6 Å². The highest BCUT2D eigenvalue weighted by atomic mass is 35.5. The normalized spacial score (nSPS) is 10.4. The standard InChI is InChI=1S/C13H9Cl2F2N3O2/c1-20(13(21)22)11-4-9(17)8(16)3-10(11)19-12-7(15)2-6(14)5-18-12/h2-5H,1H3,(H,18,19)(H,21,22). The maximum Gasteiger partial charge on any atom is 0.411 e. The number of amides is 1. The highest BCUT2D eigenvalue weighted by Crippen LogP contribution is 2.33. The first kappa shape index (κ1) is 16.3. The van der Waals surface area contributed by atoms with E-state index in [-0.39, 0.29) is 22.2 Å². The topological polar surface area (TPSA) is 65.5 Å². The van der Waals surface area contributed by atoms with Crippen LogP contribution in [0.15, 0.2) is 24.4 Å². The highest BCUT2D eigenvalue weighted by Gasteiger charge is 2.18. The molecule has 0 atom stereocenters. The zero-order valence-corrected chi connectivity index (χ0v) is 12.6. The Hall–Kier alpha value is -2.12. The summed E-state index contributed by atoms with van der Waals surface area (Å²) in [5.74, 6) is -2.20. The summed E-state index contributed by atoms with van der Waals surface area (Å²) in [7, 11) is 1.19. The van der Waals surface area contributed by atoms with E-state index in [0.717, 1.165) is 17.0 Å². The van der Waals surface area contributed by atoms with Crippen LogP contribution in [0.3, 0.4) is 0 Å². The van der Waals surface area contributed by atoms with Crippen LogP contribution in [0.4, 0.5) is 30.8 Å². The summed E-state index contributed by atoms with van der Waals surface area (Å²) in [5.41, 5.74) is -0.111. The Labute approximate surface area is 134 Å². The number of pyridine rings is 1. The average Bonchev–Trinajstić information content (AvgIpc) is 2.44. The van der Waals surface area contributed by atoms with E-state index in [4.69, 9.17) is 28.3 Å². The molecule has 1 aromatic carbocycles. The fraction of sp³-hybridized carbons (Fsp3) is 0.0769. The number of aromatic nitrogens is 1. The van der Waals surface area contributed by atoms with Crippen molar-refractivity contribution < 1.29 is 18.7 Å². The van der Waals surface area contributed by atoms with Crippen molar-refractivity contribution in [1.82, 2.24) is 4.98 Å². The molecule has 0 saturated carbocycles. The summed E-state index contributed by atoms with van der Waals surface area (Å²) in [6.45, 7) is 0. The second kappa shape index (κ2) is 6.33. The van der Waals surface area contributed by atoms with Gasteiger partial charge in [-0.2, -0.15) is 0 Å². The quantitative estimate of drug-likeness (QED) is 0.856. The first-order valence-electron chi connectivity index (χ1n) is 5.83. The largest absolute Gasteiger partial charge is 0.465 e. The summed E-state index contributed by atoms with van der Waals surface area (Å²) in [5, 5.41) is 12.1. The molecule has 116 valence electrons. The molecular weight excluding hydrogens is 339 g/mol. The van der Waals surface area contributed by atoms with E-state index in [9.17, 15) is 13.6 Å². The van der Waals surface area contributed by atoms with Crippen LogP contribution in [0.2, 0.25) is 10.0 Å². The maximum atomic E-state index is 13.4. The van der Waals surface area contributed by atoms with Crippen molar-refractivity contribution >= 4 is 46.5 Å². The van der Waals surface area contributed by atoms with E-state index in [1.807, 2.05) is 0 Å². The Kier molecular flexibility index (Phi) is 4.68. The molecule has 5 nitrogen and oxygen atoms in total. The van der Waals surface area contributed by atoms with Crippen LogP contribution in [-0.4, -0.2) is 23.2 Å². The summed E-state index contributed by atoms with van der Waals surface area (Å²) < 4.78 is 26.8. The second-order valence-corrected chi connectivity index (χ2v) is 5.08. The zero-order valence-electron chi connectivity index (χ0n) is 11.1.